The van der Waals surface area contributed by atoms with E-state index in [0.29, 0.717) is 6.61 Å². The van der Waals surface area contributed by atoms with Gasteiger partial charge in [-0.05, 0) is 42.3 Å². The van der Waals surface area contributed by atoms with E-state index in [2.05, 4.69) is 67.7 Å². The molecule has 0 rings (SSSR count). The Labute approximate surface area is 150 Å². The summed E-state index contributed by atoms with van der Waals surface area (Å²) in [4.78, 5) is 0. The highest BCUT2D eigenvalue weighted by Gasteiger charge is 2.40. The van der Waals surface area contributed by atoms with Gasteiger partial charge in [0.1, 0.15) is 12.3 Å². The van der Waals surface area contributed by atoms with Gasteiger partial charge in [-0.1, -0.05) is 47.6 Å². The van der Waals surface area contributed by atoms with E-state index in [-0.39, 0.29) is 16.7 Å². The summed E-state index contributed by atoms with van der Waals surface area (Å²) in [6.45, 7) is 21.4. The lowest BCUT2D eigenvalue weighted by molar-refractivity contribution is 0.0552. The molecule has 0 saturated heterocycles. The number of hydrogen-bond acceptors (Lipinski definition) is 3. The molecule has 0 aliphatic rings. The van der Waals surface area contributed by atoms with E-state index >= 15 is 0 Å². The van der Waals surface area contributed by atoms with Gasteiger partial charge in [-0.2, -0.15) is 0 Å². The second kappa shape index (κ2) is 8.58. The molecule has 1 N–H and O–H groups in total. The number of aliphatic hydroxyl groups is 1. The van der Waals surface area contributed by atoms with E-state index in [9.17, 15) is 9.50 Å². The lowest BCUT2D eigenvalue weighted by Gasteiger charge is -2.39. The summed E-state index contributed by atoms with van der Waals surface area (Å²) in [5, 5.41) is 9.63. The summed E-state index contributed by atoms with van der Waals surface area (Å²) >= 11 is 0. The highest BCUT2D eigenvalue weighted by Crippen LogP contribution is 2.38. The van der Waals surface area contributed by atoms with E-state index in [0.717, 1.165) is 0 Å². The van der Waals surface area contributed by atoms with E-state index < -0.39 is 28.9 Å². The topological polar surface area (TPSA) is 38.7 Å². The fourth-order valence-electron chi connectivity index (χ4n) is 1.54. The Balaban J connectivity index is 4.70. The second-order valence-corrected chi connectivity index (χ2v) is 19.1. The molecule has 6 heteroatoms. The molecular weight excluding hydrogens is 339 g/mol. The van der Waals surface area contributed by atoms with Crippen LogP contribution >= 0.6 is 0 Å². The van der Waals surface area contributed by atoms with Crippen molar-refractivity contribution in [1.29, 1.82) is 0 Å². The van der Waals surface area contributed by atoms with Gasteiger partial charge in [-0.25, -0.2) is 4.39 Å². The van der Waals surface area contributed by atoms with Gasteiger partial charge in [-0.15, -0.1) is 0 Å². The molecule has 3 nitrogen and oxygen atoms in total. The lowest BCUT2D eigenvalue weighted by atomic mass is 10.2. The molecule has 0 saturated carbocycles. The minimum absolute atomic E-state index is 0.0186. The van der Waals surface area contributed by atoms with Crippen LogP contribution in [0.4, 0.5) is 4.39 Å². The van der Waals surface area contributed by atoms with Crippen LogP contribution in [0.5, 0.6) is 0 Å². The molecule has 0 spiro atoms. The maximum Gasteiger partial charge on any atom is 0.192 e. The molecule has 24 heavy (non-hydrogen) atoms. The maximum absolute atomic E-state index is 14.4. The third-order valence-corrected chi connectivity index (χ3v) is 14.5. The normalized spacial score (nSPS) is 17.3. The quantitative estimate of drug-likeness (QED) is 0.461. The predicted octanol–water partition coefficient (Wildman–Crippen LogP) is 5.29. The molecular formula is C18H39FO3Si2. The van der Waals surface area contributed by atoms with Gasteiger partial charge >= 0.3 is 0 Å². The first-order chi connectivity index (χ1) is 10.5. The smallest absolute Gasteiger partial charge is 0.192 e. The van der Waals surface area contributed by atoms with Crippen molar-refractivity contribution in [2.75, 3.05) is 13.2 Å². The summed E-state index contributed by atoms with van der Waals surface area (Å²) in [6.07, 6.45) is 1.03. The molecule has 0 bridgehead atoms. The Morgan fingerprint density at radius 3 is 1.79 bits per heavy atom. The third-order valence-electron chi connectivity index (χ3n) is 5.45. The maximum atomic E-state index is 14.4. The van der Waals surface area contributed by atoms with Crippen LogP contribution in [-0.2, 0) is 8.85 Å². The van der Waals surface area contributed by atoms with Crippen LogP contribution in [0, 0.1) is 0 Å². The zero-order valence-electron chi connectivity index (χ0n) is 17.4. The number of aliphatic hydroxyl groups excluding tert-OH is 1. The third kappa shape index (κ3) is 7.08. The fraction of sp³-hybridized carbons (Fsp3) is 0.889. The molecule has 0 aromatic rings. The van der Waals surface area contributed by atoms with Gasteiger partial charge in [0.15, 0.2) is 16.6 Å². The number of alkyl halides is 1. The average Bonchev–Trinajstić information content (AvgIpc) is 2.38. The first kappa shape index (κ1) is 24.0. The van der Waals surface area contributed by atoms with Gasteiger partial charge in [0.25, 0.3) is 0 Å². The monoisotopic (exact) mass is 378 g/mol. The molecule has 0 fully saturated rings. The van der Waals surface area contributed by atoms with Crippen LogP contribution < -0.4 is 0 Å². The van der Waals surface area contributed by atoms with Crippen molar-refractivity contribution in [3.05, 3.63) is 12.2 Å². The Morgan fingerprint density at radius 1 is 0.958 bits per heavy atom. The fourth-order valence-corrected chi connectivity index (χ4v) is 3.80. The summed E-state index contributed by atoms with van der Waals surface area (Å²) in [6, 6.07) is 0. The first-order valence-electron chi connectivity index (χ1n) is 8.78. The molecule has 0 aliphatic heterocycles. The molecule has 2 atom stereocenters. The molecule has 0 radical (unpaired) electrons. The van der Waals surface area contributed by atoms with E-state index in [4.69, 9.17) is 8.85 Å². The molecule has 0 unspecified atom stereocenters. The van der Waals surface area contributed by atoms with Gasteiger partial charge < -0.3 is 14.0 Å². The van der Waals surface area contributed by atoms with Gasteiger partial charge in [0.05, 0.1) is 13.2 Å². The number of rotatable bonds is 8. The van der Waals surface area contributed by atoms with Crippen molar-refractivity contribution in [3.8, 4) is 0 Å². The van der Waals surface area contributed by atoms with Crippen molar-refractivity contribution in [2.45, 2.75) is 90.1 Å². The van der Waals surface area contributed by atoms with Gasteiger partial charge in [-0.3, -0.25) is 0 Å². The van der Waals surface area contributed by atoms with Crippen molar-refractivity contribution in [2.24, 2.45) is 0 Å². The molecule has 0 heterocycles. The molecule has 0 aromatic heterocycles. The number of hydrogen-bond donors (Lipinski definition) is 1. The Bertz CT molecular complexity index is 409. The average molecular weight is 379 g/mol. The SMILES string of the molecule is CC(C)(C)[Si](C)(C)OC/C=C\[C@@H](F)[C@H](CO)O[Si](C)(C)C(C)(C)C. The van der Waals surface area contributed by atoms with Crippen molar-refractivity contribution in [1.82, 2.24) is 0 Å². The van der Waals surface area contributed by atoms with Crippen molar-refractivity contribution in [3.63, 3.8) is 0 Å². The van der Waals surface area contributed by atoms with Crippen LogP contribution in [0.25, 0.3) is 0 Å². The minimum atomic E-state index is -2.11. The number of halogens is 1. The zero-order valence-corrected chi connectivity index (χ0v) is 19.4. The summed E-state index contributed by atoms with van der Waals surface area (Å²) in [5.74, 6) is 0. The van der Waals surface area contributed by atoms with Crippen molar-refractivity contribution >= 4 is 16.6 Å². The molecule has 144 valence electrons. The molecule has 0 aliphatic carbocycles. The predicted molar refractivity (Wildman–Crippen MR) is 106 cm³/mol. The van der Waals surface area contributed by atoms with E-state index in [1.165, 1.54) is 6.08 Å². The van der Waals surface area contributed by atoms with E-state index in [1.807, 2.05) is 0 Å². The summed E-state index contributed by atoms with van der Waals surface area (Å²) < 4.78 is 26.4. The van der Waals surface area contributed by atoms with Crippen LogP contribution in [0.3, 0.4) is 0 Å². The summed E-state index contributed by atoms with van der Waals surface area (Å²) in [7, 11) is -3.94. The summed E-state index contributed by atoms with van der Waals surface area (Å²) in [5.41, 5.74) is 0. The Kier molecular flexibility index (Phi) is 8.57. The molecule has 0 aromatic carbocycles. The van der Waals surface area contributed by atoms with Gasteiger partial charge in [0.2, 0.25) is 0 Å². The first-order valence-corrected chi connectivity index (χ1v) is 14.6. The Hall–Kier alpha value is -0.0162. The lowest BCUT2D eigenvalue weighted by Crippen LogP contribution is -2.47. The van der Waals surface area contributed by atoms with Crippen LogP contribution in [0.15, 0.2) is 12.2 Å². The highest BCUT2D eigenvalue weighted by molar-refractivity contribution is 6.74. The van der Waals surface area contributed by atoms with E-state index in [1.54, 1.807) is 6.08 Å². The van der Waals surface area contributed by atoms with Crippen LogP contribution in [0.1, 0.15) is 41.5 Å². The standard InChI is InChI=1S/C18H39FO3Si2/c1-17(2,3)23(7,8)21-13-11-12-15(19)16(14-20)22-24(9,10)18(4,5)6/h11-12,15-16,20H,13-14H2,1-10H3/b12-11-/t15-,16+/m1/s1. The minimum Gasteiger partial charge on any atom is -0.413 e. The zero-order chi connectivity index (χ0) is 19.4. The largest absolute Gasteiger partial charge is 0.413 e. The highest BCUT2D eigenvalue weighted by atomic mass is 28.4. The van der Waals surface area contributed by atoms with Crippen molar-refractivity contribution < 1.29 is 18.3 Å². The van der Waals surface area contributed by atoms with Gasteiger partial charge in [0, 0.05) is 0 Å². The molecule has 0 amide bonds. The Morgan fingerprint density at radius 2 is 1.42 bits per heavy atom. The van der Waals surface area contributed by atoms with Crippen LogP contribution in [0.2, 0.25) is 36.3 Å². The van der Waals surface area contributed by atoms with Crippen LogP contribution in [-0.4, -0.2) is 47.2 Å². The second-order valence-electron chi connectivity index (χ2n) is 9.54.